The van der Waals surface area contributed by atoms with Crippen LogP contribution in [0.3, 0.4) is 0 Å². The van der Waals surface area contributed by atoms with E-state index in [4.69, 9.17) is 4.74 Å². The highest BCUT2D eigenvalue weighted by Gasteiger charge is 2.38. The molecule has 1 aromatic carbocycles. The first-order chi connectivity index (χ1) is 10.1. The van der Waals surface area contributed by atoms with Crippen molar-refractivity contribution in [2.24, 2.45) is 5.92 Å². The second-order valence-corrected chi connectivity index (χ2v) is 6.00. The standard InChI is InChI=1S/C16H20FNO3/c1-21-15-7-10(3-5-14(15)17)12-8-18(9-12)16(20)11-2-4-13(19)6-11/h3,5,7,11-13,19H,2,4,6,8-9H2,1H3/t11-,13-/m1/s1. The van der Waals surface area contributed by atoms with E-state index in [0.717, 1.165) is 18.4 Å². The summed E-state index contributed by atoms with van der Waals surface area (Å²) >= 11 is 0. The molecular formula is C16H20FNO3. The van der Waals surface area contributed by atoms with Crippen LogP contribution in [0, 0.1) is 11.7 Å². The molecule has 0 bridgehead atoms. The van der Waals surface area contributed by atoms with Gasteiger partial charge in [0.25, 0.3) is 0 Å². The number of carbonyl (C=O) groups excluding carboxylic acids is 1. The third kappa shape index (κ3) is 2.75. The number of rotatable bonds is 3. The minimum Gasteiger partial charge on any atom is -0.494 e. The summed E-state index contributed by atoms with van der Waals surface area (Å²) in [6.07, 6.45) is 1.77. The van der Waals surface area contributed by atoms with E-state index < -0.39 is 0 Å². The van der Waals surface area contributed by atoms with Crippen LogP contribution in [-0.4, -0.2) is 42.2 Å². The Morgan fingerprint density at radius 3 is 2.76 bits per heavy atom. The Bertz CT molecular complexity index is 542. The summed E-state index contributed by atoms with van der Waals surface area (Å²) in [5.74, 6) is 0.250. The first-order valence-corrected chi connectivity index (χ1v) is 7.38. The predicted molar refractivity (Wildman–Crippen MR) is 75.6 cm³/mol. The van der Waals surface area contributed by atoms with Crippen LogP contribution in [0.15, 0.2) is 18.2 Å². The Balaban J connectivity index is 1.59. The lowest BCUT2D eigenvalue weighted by Gasteiger charge is -2.41. The maximum atomic E-state index is 13.4. The zero-order valence-electron chi connectivity index (χ0n) is 12.1. The Labute approximate surface area is 123 Å². The lowest BCUT2D eigenvalue weighted by atomic mass is 9.89. The number of carbonyl (C=O) groups is 1. The number of aliphatic hydroxyl groups is 1. The van der Waals surface area contributed by atoms with Crippen molar-refractivity contribution in [2.75, 3.05) is 20.2 Å². The first-order valence-electron chi connectivity index (χ1n) is 7.38. The largest absolute Gasteiger partial charge is 0.494 e. The van der Waals surface area contributed by atoms with Crippen molar-refractivity contribution in [1.29, 1.82) is 0 Å². The number of hydrogen-bond acceptors (Lipinski definition) is 3. The fourth-order valence-electron chi connectivity index (χ4n) is 3.24. The molecule has 1 heterocycles. The molecule has 5 heteroatoms. The van der Waals surface area contributed by atoms with Crippen molar-refractivity contribution >= 4 is 5.91 Å². The summed E-state index contributed by atoms with van der Waals surface area (Å²) in [7, 11) is 1.45. The van der Waals surface area contributed by atoms with Crippen molar-refractivity contribution < 1.29 is 19.0 Å². The molecule has 0 aromatic heterocycles. The summed E-state index contributed by atoms with van der Waals surface area (Å²) in [5.41, 5.74) is 1.00. The van der Waals surface area contributed by atoms with E-state index in [9.17, 15) is 14.3 Å². The number of hydrogen-bond donors (Lipinski definition) is 1. The molecular weight excluding hydrogens is 273 g/mol. The van der Waals surface area contributed by atoms with E-state index in [2.05, 4.69) is 0 Å². The molecule has 0 radical (unpaired) electrons. The lowest BCUT2D eigenvalue weighted by molar-refractivity contribution is -0.140. The molecule has 2 aliphatic rings. The first kappa shape index (κ1) is 14.3. The summed E-state index contributed by atoms with van der Waals surface area (Å²) in [4.78, 5) is 14.1. The van der Waals surface area contributed by atoms with Crippen LogP contribution in [0.25, 0.3) is 0 Å². The Kier molecular flexibility index (Phi) is 3.85. The van der Waals surface area contributed by atoms with Gasteiger partial charge in [-0.25, -0.2) is 4.39 Å². The molecule has 2 fully saturated rings. The number of halogens is 1. The molecule has 114 valence electrons. The molecule has 0 spiro atoms. The minimum atomic E-state index is -0.367. The van der Waals surface area contributed by atoms with Crippen LogP contribution >= 0.6 is 0 Å². The molecule has 1 aliphatic heterocycles. The van der Waals surface area contributed by atoms with Gasteiger partial charge in [0.1, 0.15) is 0 Å². The fourth-order valence-corrected chi connectivity index (χ4v) is 3.24. The van der Waals surface area contributed by atoms with Crippen molar-refractivity contribution in [1.82, 2.24) is 4.90 Å². The van der Waals surface area contributed by atoms with Gasteiger partial charge in [0.2, 0.25) is 5.91 Å². The molecule has 1 amide bonds. The third-order valence-corrected chi connectivity index (χ3v) is 4.59. The Hall–Kier alpha value is -1.62. The maximum Gasteiger partial charge on any atom is 0.225 e. The smallest absolute Gasteiger partial charge is 0.225 e. The summed E-state index contributed by atoms with van der Waals surface area (Å²) in [6.45, 7) is 1.33. The highest BCUT2D eigenvalue weighted by atomic mass is 19.1. The van der Waals surface area contributed by atoms with Crippen LogP contribution in [0.2, 0.25) is 0 Å². The molecule has 1 N–H and O–H groups in total. The normalized spacial score (nSPS) is 25.8. The highest BCUT2D eigenvalue weighted by molar-refractivity contribution is 5.80. The average Bonchev–Trinajstić information content (AvgIpc) is 2.85. The second-order valence-electron chi connectivity index (χ2n) is 6.00. The zero-order chi connectivity index (χ0) is 15.0. The molecule has 3 rings (SSSR count). The van der Waals surface area contributed by atoms with Gasteiger partial charge in [-0.3, -0.25) is 4.79 Å². The van der Waals surface area contributed by atoms with Gasteiger partial charge in [-0.2, -0.15) is 0 Å². The molecule has 21 heavy (non-hydrogen) atoms. The van der Waals surface area contributed by atoms with Crippen molar-refractivity contribution in [3.05, 3.63) is 29.6 Å². The predicted octanol–water partition coefficient (Wildman–Crippen LogP) is 1.92. The van der Waals surface area contributed by atoms with Gasteiger partial charge in [0.05, 0.1) is 13.2 Å². The van der Waals surface area contributed by atoms with E-state index >= 15 is 0 Å². The van der Waals surface area contributed by atoms with Crippen molar-refractivity contribution in [2.45, 2.75) is 31.3 Å². The van der Waals surface area contributed by atoms with Crippen LogP contribution < -0.4 is 4.74 Å². The summed E-state index contributed by atoms with van der Waals surface area (Å²) in [5, 5.41) is 9.51. The molecule has 0 unspecified atom stereocenters. The van der Waals surface area contributed by atoms with Gasteiger partial charge in [-0.05, 0) is 37.0 Å². The van der Waals surface area contributed by atoms with Crippen LogP contribution in [0.5, 0.6) is 5.75 Å². The van der Waals surface area contributed by atoms with E-state index in [1.54, 1.807) is 12.1 Å². The Morgan fingerprint density at radius 1 is 1.38 bits per heavy atom. The lowest BCUT2D eigenvalue weighted by Crippen LogP contribution is -2.50. The molecule has 4 nitrogen and oxygen atoms in total. The summed E-state index contributed by atoms with van der Waals surface area (Å²) in [6, 6.07) is 4.87. The minimum absolute atomic E-state index is 0.0243. The van der Waals surface area contributed by atoms with E-state index in [0.29, 0.717) is 19.5 Å². The Morgan fingerprint density at radius 2 is 2.14 bits per heavy atom. The van der Waals surface area contributed by atoms with Gasteiger partial charge in [0, 0.05) is 24.9 Å². The van der Waals surface area contributed by atoms with Crippen molar-refractivity contribution in [3.8, 4) is 5.75 Å². The molecule has 1 aliphatic carbocycles. The molecule has 1 saturated heterocycles. The number of ether oxygens (including phenoxy) is 1. The second kappa shape index (κ2) is 5.64. The molecule has 2 atom stereocenters. The number of aliphatic hydroxyl groups excluding tert-OH is 1. The van der Waals surface area contributed by atoms with Crippen LogP contribution in [0.4, 0.5) is 4.39 Å². The highest BCUT2D eigenvalue weighted by Crippen LogP contribution is 2.34. The number of methoxy groups -OCH3 is 1. The monoisotopic (exact) mass is 293 g/mol. The fraction of sp³-hybridized carbons (Fsp3) is 0.562. The van der Waals surface area contributed by atoms with Crippen LogP contribution in [0.1, 0.15) is 30.7 Å². The summed E-state index contributed by atoms with van der Waals surface area (Å²) < 4.78 is 18.4. The van der Waals surface area contributed by atoms with Crippen LogP contribution in [-0.2, 0) is 4.79 Å². The van der Waals surface area contributed by atoms with E-state index in [1.807, 2.05) is 4.90 Å². The molecule has 1 aromatic rings. The third-order valence-electron chi connectivity index (χ3n) is 4.59. The maximum absolute atomic E-state index is 13.4. The zero-order valence-corrected chi connectivity index (χ0v) is 12.1. The number of amides is 1. The quantitative estimate of drug-likeness (QED) is 0.926. The SMILES string of the molecule is COc1cc(C2CN(C(=O)[C@@H]3CC[C@@H](O)C3)C2)ccc1F. The van der Waals surface area contributed by atoms with E-state index in [1.165, 1.54) is 13.2 Å². The molecule has 1 saturated carbocycles. The van der Waals surface area contributed by atoms with Gasteiger partial charge in [-0.1, -0.05) is 6.07 Å². The van der Waals surface area contributed by atoms with Gasteiger partial charge in [-0.15, -0.1) is 0 Å². The number of benzene rings is 1. The van der Waals surface area contributed by atoms with Gasteiger partial charge < -0.3 is 14.7 Å². The average molecular weight is 293 g/mol. The number of nitrogens with zero attached hydrogens (tertiary/aromatic N) is 1. The van der Waals surface area contributed by atoms with E-state index in [-0.39, 0.29) is 35.4 Å². The van der Waals surface area contributed by atoms with Crippen molar-refractivity contribution in [3.63, 3.8) is 0 Å². The number of likely N-dealkylation sites (tertiary alicyclic amines) is 1. The van der Waals surface area contributed by atoms with Gasteiger partial charge >= 0.3 is 0 Å². The topological polar surface area (TPSA) is 49.8 Å². The van der Waals surface area contributed by atoms with Gasteiger partial charge in [0.15, 0.2) is 11.6 Å².